The average molecular weight is 280 g/mol. The van der Waals surface area contributed by atoms with Crippen LogP contribution in [0.5, 0.6) is 0 Å². The second-order valence-corrected chi connectivity index (χ2v) is 6.13. The fourth-order valence-corrected chi connectivity index (χ4v) is 3.13. The van der Waals surface area contributed by atoms with E-state index in [1.165, 1.54) is 28.8 Å². The van der Waals surface area contributed by atoms with Crippen LogP contribution in [0.2, 0.25) is 0 Å². The lowest BCUT2D eigenvalue weighted by Crippen LogP contribution is -2.07. The fourth-order valence-electron chi connectivity index (χ4n) is 3.13. The van der Waals surface area contributed by atoms with Crippen LogP contribution in [-0.2, 0) is 6.42 Å². The summed E-state index contributed by atoms with van der Waals surface area (Å²) >= 11 is 0. The normalized spacial score (nSPS) is 18.3. The molecule has 0 heterocycles. The Morgan fingerprint density at radius 2 is 1.95 bits per heavy atom. The maximum Gasteiger partial charge on any atom is 0.0519 e. The molecule has 2 atom stereocenters. The molecule has 110 valence electrons. The Labute approximate surface area is 127 Å². The number of nitrogen functional groups attached to an aromatic ring is 1. The minimum Gasteiger partial charge on any atom is -0.399 e. The molecule has 0 spiro atoms. The molecule has 21 heavy (non-hydrogen) atoms. The summed E-state index contributed by atoms with van der Waals surface area (Å²) in [5.74, 6) is 0.634. The zero-order valence-corrected chi connectivity index (χ0v) is 12.9. The number of rotatable bonds is 4. The van der Waals surface area contributed by atoms with E-state index in [1.807, 2.05) is 6.07 Å². The third-order valence-corrected chi connectivity index (χ3v) is 4.68. The lowest BCUT2D eigenvalue weighted by atomic mass is 9.98. The van der Waals surface area contributed by atoms with Gasteiger partial charge < -0.3 is 11.1 Å². The standard InChI is InChI=1S/C19H24N2/c1-3-13(2)14-4-8-17(9-5-14)21-19-11-6-15-12-16(20)7-10-18(15)19/h4-5,7-10,12-13,19,21H,3,6,11,20H2,1-2H3. The van der Waals surface area contributed by atoms with Crippen LogP contribution in [0.4, 0.5) is 11.4 Å². The highest BCUT2D eigenvalue weighted by atomic mass is 14.9. The first kappa shape index (κ1) is 14.0. The molecule has 0 saturated heterocycles. The monoisotopic (exact) mass is 280 g/mol. The molecule has 2 aromatic rings. The van der Waals surface area contributed by atoms with Gasteiger partial charge >= 0.3 is 0 Å². The van der Waals surface area contributed by atoms with Crippen molar-refractivity contribution < 1.29 is 0 Å². The predicted octanol–water partition coefficient (Wildman–Crippen LogP) is 4.88. The molecule has 0 amide bonds. The van der Waals surface area contributed by atoms with Crippen LogP contribution in [0, 0.1) is 0 Å². The molecule has 3 N–H and O–H groups in total. The van der Waals surface area contributed by atoms with E-state index in [-0.39, 0.29) is 0 Å². The van der Waals surface area contributed by atoms with E-state index in [4.69, 9.17) is 5.73 Å². The van der Waals surface area contributed by atoms with E-state index in [1.54, 1.807) is 0 Å². The first-order valence-electron chi connectivity index (χ1n) is 7.92. The molecule has 2 nitrogen and oxygen atoms in total. The first-order valence-corrected chi connectivity index (χ1v) is 7.92. The average Bonchev–Trinajstić information content (AvgIpc) is 2.89. The van der Waals surface area contributed by atoms with Crippen LogP contribution in [-0.4, -0.2) is 0 Å². The van der Waals surface area contributed by atoms with E-state index in [0.717, 1.165) is 18.5 Å². The van der Waals surface area contributed by atoms with Gasteiger partial charge in [0, 0.05) is 11.4 Å². The topological polar surface area (TPSA) is 38.0 Å². The molecule has 2 aromatic carbocycles. The molecule has 1 aliphatic carbocycles. The van der Waals surface area contributed by atoms with Crippen LogP contribution in [0.25, 0.3) is 0 Å². The Kier molecular flexibility index (Phi) is 3.87. The lowest BCUT2D eigenvalue weighted by molar-refractivity contribution is 0.732. The van der Waals surface area contributed by atoms with Crippen molar-refractivity contribution in [3.8, 4) is 0 Å². The number of nitrogens with two attached hydrogens (primary N) is 1. The lowest BCUT2D eigenvalue weighted by Gasteiger charge is -2.17. The quantitative estimate of drug-likeness (QED) is 0.783. The van der Waals surface area contributed by atoms with Gasteiger partial charge in [0.1, 0.15) is 0 Å². The fraction of sp³-hybridized carbons (Fsp3) is 0.368. The number of fused-ring (bicyclic) bond motifs is 1. The van der Waals surface area contributed by atoms with Crippen molar-refractivity contribution in [3.05, 3.63) is 59.2 Å². The van der Waals surface area contributed by atoms with Gasteiger partial charge in [-0.2, -0.15) is 0 Å². The largest absolute Gasteiger partial charge is 0.399 e. The zero-order valence-electron chi connectivity index (χ0n) is 12.9. The first-order chi connectivity index (χ1) is 10.2. The summed E-state index contributed by atoms with van der Waals surface area (Å²) in [6, 6.07) is 15.6. The molecular formula is C19H24N2. The summed E-state index contributed by atoms with van der Waals surface area (Å²) < 4.78 is 0. The van der Waals surface area contributed by atoms with Crippen LogP contribution in [0.3, 0.4) is 0 Å². The summed E-state index contributed by atoms with van der Waals surface area (Å²) in [6.07, 6.45) is 3.44. The number of benzene rings is 2. The van der Waals surface area contributed by atoms with Crippen molar-refractivity contribution in [1.29, 1.82) is 0 Å². The highest BCUT2D eigenvalue weighted by Gasteiger charge is 2.22. The number of nitrogens with one attached hydrogen (secondary N) is 1. The molecule has 2 heteroatoms. The Morgan fingerprint density at radius 3 is 2.67 bits per heavy atom. The van der Waals surface area contributed by atoms with E-state index in [0.29, 0.717) is 12.0 Å². The molecule has 0 radical (unpaired) electrons. The number of hydrogen-bond acceptors (Lipinski definition) is 2. The highest BCUT2D eigenvalue weighted by Crippen LogP contribution is 2.35. The van der Waals surface area contributed by atoms with E-state index in [2.05, 4.69) is 55.6 Å². The Bertz CT molecular complexity index is 616. The van der Waals surface area contributed by atoms with Crippen LogP contribution in [0.15, 0.2) is 42.5 Å². The van der Waals surface area contributed by atoms with Crippen molar-refractivity contribution in [2.45, 2.75) is 45.1 Å². The Hall–Kier alpha value is -1.96. The minimum atomic E-state index is 0.412. The van der Waals surface area contributed by atoms with Gasteiger partial charge in [0.15, 0.2) is 0 Å². The van der Waals surface area contributed by atoms with E-state index < -0.39 is 0 Å². The highest BCUT2D eigenvalue weighted by molar-refractivity contribution is 5.52. The van der Waals surface area contributed by atoms with Crippen molar-refractivity contribution >= 4 is 11.4 Å². The molecule has 0 saturated carbocycles. The van der Waals surface area contributed by atoms with Crippen molar-refractivity contribution in [2.75, 3.05) is 11.1 Å². The maximum atomic E-state index is 5.87. The maximum absolute atomic E-state index is 5.87. The molecule has 3 rings (SSSR count). The number of aryl methyl sites for hydroxylation is 1. The summed E-state index contributed by atoms with van der Waals surface area (Å²) in [6.45, 7) is 4.51. The summed E-state index contributed by atoms with van der Waals surface area (Å²) in [7, 11) is 0. The Morgan fingerprint density at radius 1 is 1.19 bits per heavy atom. The minimum absolute atomic E-state index is 0.412. The second kappa shape index (κ2) is 5.80. The van der Waals surface area contributed by atoms with Crippen molar-refractivity contribution in [3.63, 3.8) is 0 Å². The summed E-state index contributed by atoms with van der Waals surface area (Å²) in [5, 5.41) is 3.66. The van der Waals surface area contributed by atoms with Gasteiger partial charge in [0.2, 0.25) is 0 Å². The smallest absolute Gasteiger partial charge is 0.0519 e. The molecule has 0 aliphatic heterocycles. The van der Waals surface area contributed by atoms with E-state index in [9.17, 15) is 0 Å². The SMILES string of the molecule is CCC(C)c1ccc(NC2CCc3cc(N)ccc32)cc1. The number of hydrogen-bond donors (Lipinski definition) is 2. The van der Waals surface area contributed by atoms with Gasteiger partial charge in [-0.15, -0.1) is 0 Å². The van der Waals surface area contributed by atoms with Crippen LogP contribution in [0.1, 0.15) is 55.3 Å². The summed E-state index contributed by atoms with van der Waals surface area (Å²) in [5.41, 5.74) is 12.1. The van der Waals surface area contributed by atoms with Gasteiger partial charge in [-0.1, -0.05) is 32.0 Å². The molecule has 0 bridgehead atoms. The van der Waals surface area contributed by atoms with E-state index >= 15 is 0 Å². The van der Waals surface area contributed by atoms with Crippen LogP contribution >= 0.6 is 0 Å². The van der Waals surface area contributed by atoms with Gasteiger partial charge in [-0.3, -0.25) is 0 Å². The van der Waals surface area contributed by atoms with Gasteiger partial charge in [0.05, 0.1) is 6.04 Å². The van der Waals surface area contributed by atoms with Gasteiger partial charge in [0.25, 0.3) is 0 Å². The zero-order chi connectivity index (χ0) is 14.8. The number of anilines is 2. The predicted molar refractivity (Wildman–Crippen MR) is 90.7 cm³/mol. The van der Waals surface area contributed by atoms with Crippen molar-refractivity contribution in [2.24, 2.45) is 0 Å². The Balaban J connectivity index is 1.74. The molecule has 0 aromatic heterocycles. The second-order valence-electron chi connectivity index (χ2n) is 6.13. The molecular weight excluding hydrogens is 256 g/mol. The third kappa shape index (κ3) is 2.90. The summed E-state index contributed by atoms with van der Waals surface area (Å²) in [4.78, 5) is 0. The van der Waals surface area contributed by atoms with Gasteiger partial charge in [-0.25, -0.2) is 0 Å². The third-order valence-electron chi connectivity index (χ3n) is 4.68. The molecule has 0 fully saturated rings. The van der Waals surface area contributed by atoms with Crippen molar-refractivity contribution in [1.82, 2.24) is 0 Å². The van der Waals surface area contributed by atoms with Crippen LogP contribution < -0.4 is 11.1 Å². The van der Waals surface area contributed by atoms with Gasteiger partial charge in [-0.05, 0) is 66.1 Å². The molecule has 1 aliphatic rings. The molecule has 2 unspecified atom stereocenters.